The van der Waals surface area contributed by atoms with E-state index in [4.69, 9.17) is 10.1 Å². The summed E-state index contributed by atoms with van der Waals surface area (Å²) in [5.41, 5.74) is 0.986. The molecule has 2 atom stereocenters. The van der Waals surface area contributed by atoms with Crippen molar-refractivity contribution < 1.29 is 9.90 Å². The van der Waals surface area contributed by atoms with Crippen molar-refractivity contribution >= 4 is 52.2 Å². The smallest absolute Gasteiger partial charge is 0.308 e. The van der Waals surface area contributed by atoms with Crippen molar-refractivity contribution in [1.29, 1.82) is 0 Å². The summed E-state index contributed by atoms with van der Waals surface area (Å²) in [5.74, 6) is 1.63. The maximum Gasteiger partial charge on any atom is 0.308 e. The summed E-state index contributed by atoms with van der Waals surface area (Å²) in [7, 11) is 0. The van der Waals surface area contributed by atoms with Crippen LogP contribution in [0.3, 0.4) is 0 Å². The molecule has 7 heteroatoms. The molecule has 1 aliphatic rings. The third-order valence-corrected chi connectivity index (χ3v) is 8.48. The lowest BCUT2D eigenvalue weighted by Gasteiger charge is -2.25. The highest BCUT2D eigenvalue weighted by Gasteiger charge is 2.26. The van der Waals surface area contributed by atoms with Crippen molar-refractivity contribution in [3.8, 4) is 10.6 Å². The van der Waals surface area contributed by atoms with Crippen LogP contribution in [0, 0.1) is 0 Å². The molecule has 3 nitrogen and oxygen atoms in total. The Hall–Kier alpha value is -0.500. The zero-order valence-corrected chi connectivity index (χ0v) is 14.7. The summed E-state index contributed by atoms with van der Waals surface area (Å²) in [4.78, 5) is 17.5. The Bertz CT molecular complexity index is 636. The highest BCUT2D eigenvalue weighted by molar-refractivity contribution is 8.06. The van der Waals surface area contributed by atoms with Crippen LogP contribution in [0.5, 0.6) is 0 Å². The average molecular weight is 358 g/mol. The average Bonchev–Trinajstić information content (AvgIpc) is 3.07. The number of carbonyl (C=O) groups is 1. The summed E-state index contributed by atoms with van der Waals surface area (Å²) in [6, 6.07) is 3.87. The molecule has 21 heavy (non-hydrogen) atoms. The molecule has 0 spiro atoms. The Kier molecular flexibility index (Phi) is 4.93. The van der Waals surface area contributed by atoms with Gasteiger partial charge in [-0.15, -0.1) is 34.4 Å². The molecular weight excluding hydrogens is 342 g/mol. The molecular formula is C14H15NO2S4. The standard InChI is InChI=1S/C14H15NO2S4/c1-8-13(19-5-4-18-8)14-15-10(7-20-14)11-3-2-9(21-11)6-12(16)17/h2-3,7-8,13H,4-6H2,1H3,(H,16,17). The van der Waals surface area contributed by atoms with Crippen LogP contribution in [0.1, 0.15) is 22.1 Å². The van der Waals surface area contributed by atoms with Gasteiger partial charge in [-0.2, -0.15) is 11.8 Å². The van der Waals surface area contributed by atoms with Gasteiger partial charge in [-0.05, 0) is 12.1 Å². The number of rotatable bonds is 4. The van der Waals surface area contributed by atoms with Gasteiger partial charge in [-0.1, -0.05) is 6.92 Å². The summed E-state index contributed by atoms with van der Waals surface area (Å²) < 4.78 is 0. The highest BCUT2D eigenvalue weighted by Crippen LogP contribution is 2.44. The van der Waals surface area contributed by atoms with Gasteiger partial charge >= 0.3 is 5.97 Å². The topological polar surface area (TPSA) is 50.2 Å². The predicted octanol–water partition coefficient (Wildman–Crippen LogP) is 4.41. The maximum atomic E-state index is 10.7. The number of carboxylic acid groups (broad SMARTS) is 1. The molecule has 0 aromatic carbocycles. The minimum atomic E-state index is -0.785. The number of hydrogen-bond donors (Lipinski definition) is 1. The lowest BCUT2D eigenvalue weighted by Crippen LogP contribution is -2.15. The molecule has 3 heterocycles. The molecule has 1 N–H and O–H groups in total. The first-order valence-electron chi connectivity index (χ1n) is 6.63. The van der Waals surface area contributed by atoms with Crippen molar-refractivity contribution in [2.24, 2.45) is 0 Å². The fourth-order valence-corrected chi connectivity index (χ4v) is 7.22. The van der Waals surface area contributed by atoms with Gasteiger partial charge in [-0.25, -0.2) is 4.98 Å². The Morgan fingerprint density at radius 1 is 1.38 bits per heavy atom. The lowest BCUT2D eigenvalue weighted by molar-refractivity contribution is -0.136. The highest BCUT2D eigenvalue weighted by atomic mass is 32.2. The van der Waals surface area contributed by atoms with Crippen LogP contribution in [0.25, 0.3) is 10.6 Å². The van der Waals surface area contributed by atoms with E-state index in [1.807, 2.05) is 35.7 Å². The van der Waals surface area contributed by atoms with Crippen molar-refractivity contribution in [1.82, 2.24) is 4.98 Å². The fraction of sp³-hybridized carbons (Fsp3) is 0.429. The van der Waals surface area contributed by atoms with E-state index in [0.29, 0.717) is 10.5 Å². The number of aromatic nitrogens is 1. The van der Waals surface area contributed by atoms with E-state index in [-0.39, 0.29) is 6.42 Å². The molecule has 0 saturated carbocycles. The van der Waals surface area contributed by atoms with Gasteiger partial charge < -0.3 is 5.11 Å². The van der Waals surface area contributed by atoms with E-state index in [1.54, 1.807) is 11.3 Å². The van der Waals surface area contributed by atoms with E-state index >= 15 is 0 Å². The number of thiazole rings is 1. The van der Waals surface area contributed by atoms with Crippen molar-refractivity contribution in [2.75, 3.05) is 11.5 Å². The van der Waals surface area contributed by atoms with Gasteiger partial charge in [0.2, 0.25) is 0 Å². The van der Waals surface area contributed by atoms with Gasteiger partial charge in [0, 0.05) is 27.0 Å². The van der Waals surface area contributed by atoms with Gasteiger partial charge in [-0.3, -0.25) is 4.79 Å². The first-order chi connectivity index (χ1) is 10.1. The maximum absolute atomic E-state index is 10.7. The summed E-state index contributed by atoms with van der Waals surface area (Å²) in [6.07, 6.45) is 0.0911. The molecule has 1 saturated heterocycles. The molecule has 0 bridgehead atoms. The van der Waals surface area contributed by atoms with Crippen LogP contribution in [0.15, 0.2) is 17.5 Å². The van der Waals surface area contributed by atoms with Crippen molar-refractivity contribution in [3.63, 3.8) is 0 Å². The molecule has 1 aliphatic heterocycles. The summed E-state index contributed by atoms with van der Waals surface area (Å²) >= 11 is 7.27. The number of hydrogen-bond acceptors (Lipinski definition) is 6. The summed E-state index contributed by atoms with van der Waals surface area (Å²) in [6.45, 7) is 2.28. The number of nitrogens with zero attached hydrogens (tertiary/aromatic N) is 1. The quantitative estimate of drug-likeness (QED) is 0.878. The van der Waals surface area contributed by atoms with E-state index in [2.05, 4.69) is 12.3 Å². The Balaban J connectivity index is 1.78. The number of thiophene rings is 1. The fourth-order valence-electron chi connectivity index (χ4n) is 2.20. The van der Waals surface area contributed by atoms with Crippen molar-refractivity contribution in [2.45, 2.75) is 23.8 Å². The number of thioether (sulfide) groups is 2. The Morgan fingerprint density at radius 3 is 2.95 bits per heavy atom. The van der Waals surface area contributed by atoms with E-state index in [9.17, 15) is 4.79 Å². The van der Waals surface area contributed by atoms with E-state index in [1.165, 1.54) is 27.9 Å². The molecule has 0 amide bonds. The third-order valence-electron chi connectivity index (χ3n) is 3.19. The molecule has 0 aliphatic carbocycles. The van der Waals surface area contributed by atoms with Crippen LogP contribution in [-0.2, 0) is 11.2 Å². The molecule has 2 aromatic heterocycles. The molecule has 112 valence electrons. The van der Waals surface area contributed by atoms with Crippen LogP contribution in [0.2, 0.25) is 0 Å². The Morgan fingerprint density at radius 2 is 2.19 bits per heavy atom. The first kappa shape index (κ1) is 15.4. The van der Waals surface area contributed by atoms with Crippen LogP contribution in [-0.4, -0.2) is 32.8 Å². The van der Waals surface area contributed by atoms with Crippen LogP contribution >= 0.6 is 46.2 Å². The second kappa shape index (κ2) is 6.73. The second-order valence-corrected chi connectivity index (χ2v) is 9.57. The van der Waals surface area contributed by atoms with E-state index in [0.717, 1.165) is 15.4 Å². The SMILES string of the molecule is CC1SCCSC1c1nc(-c2ccc(CC(=O)O)s2)cs1. The number of carboxylic acids is 1. The number of aliphatic carboxylic acids is 1. The lowest BCUT2D eigenvalue weighted by atomic mass is 10.3. The van der Waals surface area contributed by atoms with Gasteiger partial charge in [0.1, 0.15) is 5.01 Å². The molecule has 0 radical (unpaired) electrons. The predicted molar refractivity (Wildman–Crippen MR) is 93.9 cm³/mol. The molecule has 2 aromatic rings. The summed E-state index contributed by atoms with van der Waals surface area (Å²) in [5, 5.41) is 13.2. The van der Waals surface area contributed by atoms with Crippen molar-refractivity contribution in [3.05, 3.63) is 27.4 Å². The van der Waals surface area contributed by atoms with Gasteiger partial charge in [0.25, 0.3) is 0 Å². The minimum Gasteiger partial charge on any atom is -0.481 e. The monoisotopic (exact) mass is 357 g/mol. The van der Waals surface area contributed by atoms with Gasteiger partial charge in [0.15, 0.2) is 0 Å². The zero-order chi connectivity index (χ0) is 14.8. The van der Waals surface area contributed by atoms with Crippen LogP contribution in [0.4, 0.5) is 0 Å². The zero-order valence-electron chi connectivity index (χ0n) is 11.4. The normalized spacial score (nSPS) is 22.3. The first-order valence-corrected chi connectivity index (χ1v) is 10.4. The molecule has 3 rings (SSSR count). The Labute approximate surface area is 140 Å². The van der Waals surface area contributed by atoms with Crippen LogP contribution < -0.4 is 0 Å². The third kappa shape index (κ3) is 3.64. The largest absolute Gasteiger partial charge is 0.481 e. The van der Waals surface area contributed by atoms with E-state index < -0.39 is 5.97 Å². The second-order valence-electron chi connectivity index (χ2n) is 4.77. The minimum absolute atomic E-state index is 0.0911. The molecule has 1 fully saturated rings. The molecule has 2 unspecified atom stereocenters. The van der Waals surface area contributed by atoms with Gasteiger partial charge in [0.05, 0.1) is 22.2 Å².